The number of rotatable bonds is 5. The Labute approximate surface area is 191 Å². The van der Waals surface area contributed by atoms with Crippen molar-refractivity contribution in [3.8, 4) is 0 Å². The standard InChI is InChI=1S/C25H20Cl2N2O2/c1-16-8-10-17(11-9-16)15-29-24(30)22(20-13-12-18(26)14-21(20)27)23(25(29)31)28(2)19-6-4-3-5-7-19/h3-14H,15H2,1-2H3. The molecule has 0 fully saturated rings. The molecule has 0 saturated heterocycles. The number of benzene rings is 3. The summed E-state index contributed by atoms with van der Waals surface area (Å²) in [6.07, 6.45) is 0. The van der Waals surface area contributed by atoms with Gasteiger partial charge in [0.25, 0.3) is 11.8 Å². The number of hydrogen-bond donors (Lipinski definition) is 0. The van der Waals surface area contributed by atoms with Crippen LogP contribution in [-0.2, 0) is 16.1 Å². The summed E-state index contributed by atoms with van der Waals surface area (Å²) in [5.74, 6) is -0.745. The average molecular weight is 451 g/mol. The normalized spacial score (nSPS) is 13.9. The van der Waals surface area contributed by atoms with Crippen molar-refractivity contribution in [2.45, 2.75) is 13.5 Å². The molecular weight excluding hydrogens is 431 g/mol. The molecule has 4 rings (SSSR count). The van der Waals surface area contributed by atoms with E-state index < -0.39 is 0 Å². The molecule has 4 nitrogen and oxygen atoms in total. The van der Waals surface area contributed by atoms with Crippen LogP contribution in [0.4, 0.5) is 5.69 Å². The van der Waals surface area contributed by atoms with Gasteiger partial charge in [0.1, 0.15) is 5.70 Å². The Morgan fingerprint density at radius 1 is 0.871 bits per heavy atom. The van der Waals surface area contributed by atoms with Gasteiger partial charge in [0.05, 0.1) is 17.1 Å². The van der Waals surface area contributed by atoms with Gasteiger partial charge in [-0.1, -0.05) is 77.3 Å². The van der Waals surface area contributed by atoms with Crippen LogP contribution in [-0.4, -0.2) is 23.8 Å². The first-order valence-corrected chi connectivity index (χ1v) is 10.5. The van der Waals surface area contributed by atoms with Crippen molar-refractivity contribution in [2.75, 3.05) is 11.9 Å². The van der Waals surface area contributed by atoms with Crippen molar-refractivity contribution in [1.82, 2.24) is 4.90 Å². The third-order valence-corrected chi connectivity index (χ3v) is 5.83. The van der Waals surface area contributed by atoms with Crippen LogP contribution >= 0.6 is 23.2 Å². The summed E-state index contributed by atoms with van der Waals surface area (Å²) >= 11 is 12.5. The molecule has 3 aromatic carbocycles. The number of imide groups is 1. The Morgan fingerprint density at radius 3 is 2.19 bits per heavy atom. The van der Waals surface area contributed by atoms with Crippen LogP contribution in [0.2, 0.25) is 10.0 Å². The maximum absolute atomic E-state index is 13.5. The van der Waals surface area contributed by atoms with Crippen LogP contribution in [0.3, 0.4) is 0 Å². The molecule has 6 heteroatoms. The van der Waals surface area contributed by atoms with Gasteiger partial charge < -0.3 is 4.90 Å². The number of nitrogens with zero attached hydrogens (tertiary/aromatic N) is 2. The Morgan fingerprint density at radius 2 is 1.55 bits per heavy atom. The number of hydrogen-bond acceptors (Lipinski definition) is 3. The lowest BCUT2D eigenvalue weighted by Crippen LogP contribution is -2.33. The van der Waals surface area contributed by atoms with E-state index in [1.165, 1.54) is 4.90 Å². The zero-order valence-electron chi connectivity index (χ0n) is 17.1. The molecule has 0 atom stereocenters. The minimum absolute atomic E-state index is 0.179. The van der Waals surface area contributed by atoms with E-state index in [-0.39, 0.29) is 29.6 Å². The van der Waals surface area contributed by atoms with Gasteiger partial charge in [-0.15, -0.1) is 0 Å². The average Bonchev–Trinajstić information content (AvgIpc) is 3.00. The quantitative estimate of drug-likeness (QED) is 0.466. The highest BCUT2D eigenvalue weighted by Gasteiger charge is 2.41. The second-order valence-corrected chi connectivity index (χ2v) is 8.27. The van der Waals surface area contributed by atoms with E-state index in [1.54, 1.807) is 30.1 Å². The van der Waals surface area contributed by atoms with E-state index in [9.17, 15) is 9.59 Å². The van der Waals surface area contributed by atoms with Gasteiger partial charge in [0.15, 0.2) is 0 Å². The molecule has 2 amide bonds. The smallest absolute Gasteiger partial charge is 0.278 e. The van der Waals surface area contributed by atoms with Crippen LogP contribution in [0.15, 0.2) is 78.5 Å². The molecule has 156 valence electrons. The van der Waals surface area contributed by atoms with Crippen molar-refractivity contribution in [3.63, 3.8) is 0 Å². The zero-order chi connectivity index (χ0) is 22.1. The lowest BCUT2D eigenvalue weighted by molar-refractivity contribution is -0.137. The minimum atomic E-state index is -0.382. The summed E-state index contributed by atoms with van der Waals surface area (Å²) in [7, 11) is 1.77. The number of amides is 2. The molecule has 1 heterocycles. The monoisotopic (exact) mass is 450 g/mol. The molecule has 0 aliphatic carbocycles. The summed E-state index contributed by atoms with van der Waals surface area (Å²) in [6, 6.07) is 22.1. The van der Waals surface area contributed by atoms with Gasteiger partial charge in [0, 0.05) is 23.3 Å². The first-order chi connectivity index (χ1) is 14.9. The molecule has 1 aliphatic rings. The van der Waals surface area contributed by atoms with Crippen molar-refractivity contribution in [2.24, 2.45) is 0 Å². The van der Waals surface area contributed by atoms with E-state index >= 15 is 0 Å². The predicted molar refractivity (Wildman–Crippen MR) is 125 cm³/mol. The number of para-hydroxylation sites is 1. The maximum Gasteiger partial charge on any atom is 0.278 e. The predicted octanol–water partition coefficient (Wildman–Crippen LogP) is 5.72. The van der Waals surface area contributed by atoms with Crippen LogP contribution < -0.4 is 4.90 Å². The molecular formula is C25H20Cl2N2O2. The number of carbonyl (C=O) groups excluding carboxylic acids is 2. The van der Waals surface area contributed by atoms with Gasteiger partial charge >= 0.3 is 0 Å². The summed E-state index contributed by atoms with van der Waals surface area (Å²) in [5, 5.41) is 0.778. The number of carbonyl (C=O) groups is 2. The molecule has 3 aromatic rings. The molecule has 0 saturated carbocycles. The van der Waals surface area contributed by atoms with E-state index in [0.29, 0.717) is 15.6 Å². The lowest BCUT2D eigenvalue weighted by Gasteiger charge is -2.21. The fourth-order valence-electron chi connectivity index (χ4n) is 3.61. The van der Waals surface area contributed by atoms with Gasteiger partial charge in [-0.05, 0) is 36.8 Å². The molecule has 0 N–H and O–H groups in total. The number of likely N-dealkylation sites (N-methyl/N-ethyl adjacent to an activating group) is 1. The molecule has 0 spiro atoms. The van der Waals surface area contributed by atoms with Gasteiger partial charge in [0.2, 0.25) is 0 Å². The molecule has 31 heavy (non-hydrogen) atoms. The Kier molecular flexibility index (Phi) is 5.86. The maximum atomic E-state index is 13.5. The fourth-order valence-corrected chi connectivity index (χ4v) is 4.11. The van der Waals surface area contributed by atoms with Crippen molar-refractivity contribution in [1.29, 1.82) is 0 Å². The highest BCUT2D eigenvalue weighted by Crippen LogP contribution is 2.37. The van der Waals surface area contributed by atoms with E-state index in [4.69, 9.17) is 23.2 Å². The summed E-state index contributed by atoms with van der Waals surface area (Å²) in [4.78, 5) is 30.0. The Balaban J connectivity index is 1.82. The van der Waals surface area contributed by atoms with Crippen molar-refractivity contribution < 1.29 is 9.59 Å². The molecule has 0 bridgehead atoms. The third-order valence-electron chi connectivity index (χ3n) is 5.28. The molecule has 0 unspecified atom stereocenters. The fraction of sp³-hybridized carbons (Fsp3) is 0.120. The summed E-state index contributed by atoms with van der Waals surface area (Å²) < 4.78 is 0. The highest BCUT2D eigenvalue weighted by atomic mass is 35.5. The molecule has 0 radical (unpaired) electrons. The van der Waals surface area contributed by atoms with Crippen molar-refractivity contribution in [3.05, 3.63) is 105 Å². The largest absolute Gasteiger partial charge is 0.339 e. The topological polar surface area (TPSA) is 40.6 Å². The SMILES string of the molecule is Cc1ccc(CN2C(=O)C(c3ccc(Cl)cc3Cl)=C(N(C)c3ccccc3)C2=O)cc1. The first kappa shape index (κ1) is 21.2. The van der Waals surface area contributed by atoms with E-state index in [0.717, 1.165) is 16.8 Å². The summed E-state index contributed by atoms with van der Waals surface area (Å²) in [5.41, 5.74) is 3.81. The van der Waals surface area contributed by atoms with Crippen LogP contribution in [0, 0.1) is 6.92 Å². The number of halogens is 2. The van der Waals surface area contributed by atoms with Crippen LogP contribution in [0.1, 0.15) is 16.7 Å². The first-order valence-electron chi connectivity index (χ1n) is 9.77. The van der Waals surface area contributed by atoms with Gasteiger partial charge in [-0.2, -0.15) is 0 Å². The Bertz CT molecular complexity index is 1190. The highest BCUT2D eigenvalue weighted by molar-refractivity contribution is 6.41. The minimum Gasteiger partial charge on any atom is -0.339 e. The number of anilines is 1. The second-order valence-electron chi connectivity index (χ2n) is 7.42. The van der Waals surface area contributed by atoms with Crippen LogP contribution in [0.25, 0.3) is 5.57 Å². The van der Waals surface area contributed by atoms with Crippen LogP contribution in [0.5, 0.6) is 0 Å². The molecule has 1 aliphatic heterocycles. The van der Waals surface area contributed by atoms with Crippen molar-refractivity contribution >= 4 is 46.3 Å². The van der Waals surface area contributed by atoms with E-state index in [2.05, 4.69) is 0 Å². The number of aryl methyl sites for hydroxylation is 1. The Hall–Kier alpha value is -3.08. The van der Waals surface area contributed by atoms with E-state index in [1.807, 2.05) is 61.5 Å². The lowest BCUT2D eigenvalue weighted by atomic mass is 10.0. The molecule has 0 aromatic heterocycles. The van der Waals surface area contributed by atoms with Gasteiger partial charge in [-0.25, -0.2) is 0 Å². The zero-order valence-corrected chi connectivity index (χ0v) is 18.6. The second kappa shape index (κ2) is 8.58. The van der Waals surface area contributed by atoms with Gasteiger partial charge in [-0.3, -0.25) is 14.5 Å². The summed E-state index contributed by atoms with van der Waals surface area (Å²) in [6.45, 7) is 2.17. The third kappa shape index (κ3) is 4.09.